The third kappa shape index (κ3) is 2.99. The van der Waals surface area contributed by atoms with E-state index in [0.29, 0.717) is 0 Å². The molecule has 15 heavy (non-hydrogen) atoms. The average Bonchev–Trinajstić information content (AvgIpc) is 2.14. The Morgan fingerprint density at radius 3 is 2.47 bits per heavy atom. The molecule has 0 unspecified atom stereocenters. The quantitative estimate of drug-likeness (QED) is 0.586. The molecule has 0 bridgehead atoms. The monoisotopic (exact) mass is 236 g/mol. The van der Waals surface area contributed by atoms with Crippen molar-refractivity contribution in [1.82, 2.24) is 0 Å². The summed E-state index contributed by atoms with van der Waals surface area (Å²) in [5.74, 6) is -0.631. The van der Waals surface area contributed by atoms with Crippen LogP contribution in [0.3, 0.4) is 0 Å². The van der Waals surface area contributed by atoms with Crippen molar-refractivity contribution in [3.8, 4) is 0 Å². The minimum absolute atomic E-state index is 0.256. The highest BCUT2D eigenvalue weighted by Crippen LogP contribution is 2.33. The van der Waals surface area contributed by atoms with E-state index in [4.69, 9.17) is 0 Å². The van der Waals surface area contributed by atoms with Crippen LogP contribution in [0.15, 0.2) is 24.3 Å². The summed E-state index contributed by atoms with van der Waals surface area (Å²) in [4.78, 5) is 0. The van der Waals surface area contributed by atoms with Crippen LogP contribution in [0.2, 0.25) is 0 Å². The van der Waals surface area contributed by atoms with Gasteiger partial charge in [0.15, 0.2) is 0 Å². The van der Waals surface area contributed by atoms with E-state index in [1.165, 1.54) is 6.08 Å². The Hall–Kier alpha value is -0.970. The summed E-state index contributed by atoms with van der Waals surface area (Å²) in [7, 11) is 0. The second-order valence-electron chi connectivity index (χ2n) is 2.78. The van der Waals surface area contributed by atoms with Crippen molar-refractivity contribution >= 4 is 18.7 Å². The summed E-state index contributed by atoms with van der Waals surface area (Å²) in [6, 6.07) is 2.88. The van der Waals surface area contributed by atoms with Crippen LogP contribution in [0, 0.1) is 5.82 Å². The molecule has 1 rings (SSSR count). The zero-order valence-corrected chi connectivity index (χ0v) is 8.45. The van der Waals surface area contributed by atoms with Gasteiger partial charge in [0.05, 0.1) is 5.56 Å². The number of alkyl halides is 3. The molecule has 0 aliphatic rings. The van der Waals surface area contributed by atoms with Crippen LogP contribution in [0.4, 0.5) is 17.6 Å². The van der Waals surface area contributed by atoms with E-state index < -0.39 is 23.1 Å². The van der Waals surface area contributed by atoms with Gasteiger partial charge in [-0.2, -0.15) is 25.8 Å². The van der Waals surface area contributed by atoms with Crippen LogP contribution < -0.4 is 0 Å². The second kappa shape index (κ2) is 4.70. The van der Waals surface area contributed by atoms with E-state index in [0.717, 1.165) is 24.3 Å². The van der Waals surface area contributed by atoms with Crippen LogP contribution in [-0.4, -0.2) is 5.75 Å². The minimum atomic E-state index is -4.54. The van der Waals surface area contributed by atoms with E-state index in [9.17, 15) is 17.6 Å². The first-order chi connectivity index (χ1) is 6.96. The van der Waals surface area contributed by atoms with Gasteiger partial charge in [0.25, 0.3) is 0 Å². The molecule has 0 saturated heterocycles. The summed E-state index contributed by atoms with van der Waals surface area (Å²) in [5, 5.41) is 0. The highest BCUT2D eigenvalue weighted by atomic mass is 32.1. The first-order valence-corrected chi connectivity index (χ1v) is 4.73. The lowest BCUT2D eigenvalue weighted by Crippen LogP contribution is -2.08. The molecule has 82 valence electrons. The summed E-state index contributed by atoms with van der Waals surface area (Å²) >= 11 is 3.80. The third-order valence-electron chi connectivity index (χ3n) is 1.75. The van der Waals surface area contributed by atoms with Gasteiger partial charge in [-0.1, -0.05) is 18.2 Å². The molecule has 5 heteroatoms. The Labute approximate surface area is 90.0 Å². The standard InChI is InChI=1S/C10H8F4S/c11-9-5-1-4-8(10(12,13)14)7(9)3-2-6-15/h1-5,15H,6H2. The molecule has 0 aliphatic carbocycles. The van der Waals surface area contributed by atoms with E-state index in [1.807, 2.05) is 0 Å². The van der Waals surface area contributed by atoms with Crippen LogP contribution in [0.5, 0.6) is 0 Å². The molecule has 0 radical (unpaired) electrons. The number of benzene rings is 1. The Bertz CT molecular complexity index is 368. The van der Waals surface area contributed by atoms with E-state index in [1.54, 1.807) is 0 Å². The Balaban J connectivity index is 3.27. The van der Waals surface area contributed by atoms with E-state index in [2.05, 4.69) is 12.6 Å². The summed E-state index contributed by atoms with van der Waals surface area (Å²) < 4.78 is 50.4. The van der Waals surface area contributed by atoms with Crippen molar-refractivity contribution in [2.24, 2.45) is 0 Å². The number of hydrogen-bond donors (Lipinski definition) is 1. The second-order valence-corrected chi connectivity index (χ2v) is 3.15. The smallest absolute Gasteiger partial charge is 0.206 e. The van der Waals surface area contributed by atoms with Crippen molar-refractivity contribution in [2.45, 2.75) is 6.18 Å². The van der Waals surface area contributed by atoms with Crippen molar-refractivity contribution in [3.05, 3.63) is 41.2 Å². The number of halogens is 4. The van der Waals surface area contributed by atoms with Crippen LogP contribution >= 0.6 is 12.6 Å². The first kappa shape index (κ1) is 12.1. The van der Waals surface area contributed by atoms with Crippen molar-refractivity contribution in [2.75, 3.05) is 5.75 Å². The van der Waals surface area contributed by atoms with Gasteiger partial charge in [-0.15, -0.1) is 0 Å². The third-order valence-corrected chi connectivity index (χ3v) is 1.96. The Morgan fingerprint density at radius 1 is 1.27 bits per heavy atom. The van der Waals surface area contributed by atoms with Crippen molar-refractivity contribution in [3.63, 3.8) is 0 Å². The lowest BCUT2D eigenvalue weighted by Gasteiger charge is -2.10. The van der Waals surface area contributed by atoms with Crippen molar-refractivity contribution < 1.29 is 17.6 Å². The molecule has 0 N–H and O–H groups in total. The predicted molar refractivity (Wildman–Crippen MR) is 54.3 cm³/mol. The van der Waals surface area contributed by atoms with Crippen LogP contribution in [0.1, 0.15) is 11.1 Å². The number of thiol groups is 1. The highest BCUT2D eigenvalue weighted by Gasteiger charge is 2.33. The fourth-order valence-electron chi connectivity index (χ4n) is 1.12. The van der Waals surface area contributed by atoms with Gasteiger partial charge in [0.2, 0.25) is 0 Å². The van der Waals surface area contributed by atoms with Crippen molar-refractivity contribution in [1.29, 1.82) is 0 Å². The molecular weight excluding hydrogens is 228 g/mol. The van der Waals surface area contributed by atoms with Gasteiger partial charge < -0.3 is 0 Å². The average molecular weight is 236 g/mol. The minimum Gasteiger partial charge on any atom is -0.206 e. The fourth-order valence-corrected chi connectivity index (χ4v) is 1.23. The summed E-state index contributed by atoms with van der Waals surface area (Å²) in [5.41, 5.74) is -1.42. The number of hydrogen-bond acceptors (Lipinski definition) is 1. The maximum absolute atomic E-state index is 13.1. The van der Waals surface area contributed by atoms with Gasteiger partial charge in [0, 0.05) is 11.3 Å². The van der Waals surface area contributed by atoms with Gasteiger partial charge in [-0.3, -0.25) is 0 Å². The number of rotatable bonds is 2. The molecule has 0 fully saturated rings. The molecule has 1 aromatic carbocycles. The molecule has 0 nitrogen and oxygen atoms in total. The SMILES string of the molecule is Fc1cccc(C(F)(F)F)c1C=CCS. The molecule has 0 aromatic heterocycles. The van der Waals surface area contributed by atoms with E-state index >= 15 is 0 Å². The molecule has 0 spiro atoms. The molecule has 1 aromatic rings. The lowest BCUT2D eigenvalue weighted by atomic mass is 10.1. The lowest BCUT2D eigenvalue weighted by molar-refractivity contribution is -0.137. The van der Waals surface area contributed by atoms with Crippen LogP contribution in [0.25, 0.3) is 6.08 Å². The van der Waals surface area contributed by atoms with Gasteiger partial charge in [-0.25, -0.2) is 4.39 Å². The van der Waals surface area contributed by atoms with Gasteiger partial charge >= 0.3 is 6.18 Å². The first-order valence-electron chi connectivity index (χ1n) is 4.10. The maximum Gasteiger partial charge on any atom is 0.417 e. The molecule has 0 atom stereocenters. The molecule has 0 heterocycles. The Morgan fingerprint density at radius 2 is 1.93 bits per heavy atom. The molecule has 0 amide bonds. The topological polar surface area (TPSA) is 0 Å². The highest BCUT2D eigenvalue weighted by molar-refractivity contribution is 7.80. The zero-order chi connectivity index (χ0) is 11.5. The maximum atomic E-state index is 13.1. The fraction of sp³-hybridized carbons (Fsp3) is 0.200. The van der Waals surface area contributed by atoms with Gasteiger partial charge in [-0.05, 0) is 12.1 Å². The normalized spacial score (nSPS) is 12.3. The zero-order valence-electron chi connectivity index (χ0n) is 7.55. The summed E-state index contributed by atoms with van der Waals surface area (Å²) in [6.45, 7) is 0. The van der Waals surface area contributed by atoms with Crippen LogP contribution in [-0.2, 0) is 6.18 Å². The predicted octanol–water partition coefficient (Wildman–Crippen LogP) is 3.79. The largest absolute Gasteiger partial charge is 0.417 e. The van der Waals surface area contributed by atoms with E-state index in [-0.39, 0.29) is 5.75 Å². The van der Waals surface area contributed by atoms with Gasteiger partial charge in [0.1, 0.15) is 5.82 Å². The molecule has 0 saturated carbocycles. The molecule has 0 aliphatic heterocycles. The Kier molecular flexibility index (Phi) is 3.79. The summed E-state index contributed by atoms with van der Waals surface area (Å²) in [6.07, 6.45) is -2.10. The molecular formula is C10H8F4S.